The summed E-state index contributed by atoms with van der Waals surface area (Å²) >= 11 is 0. The lowest BCUT2D eigenvalue weighted by molar-refractivity contribution is -0.0124. The van der Waals surface area contributed by atoms with E-state index in [9.17, 15) is 9.18 Å². The van der Waals surface area contributed by atoms with Crippen molar-refractivity contribution in [1.82, 2.24) is 14.7 Å². The van der Waals surface area contributed by atoms with Crippen molar-refractivity contribution in [2.75, 3.05) is 13.7 Å². The standard InChI is InChI=1S/C19H24FN3O2/c1-3-23-16(10-11-21-23)19(24)22-12-6-9-18(25-2)17(22)13-14-7-4-5-8-15(14)20/h4-5,7-8,10-11,17-18H,3,6,9,12-13H2,1-2H3/t17-,18-/m0/s1. The van der Waals surface area contributed by atoms with Crippen LogP contribution in [0.25, 0.3) is 0 Å². The van der Waals surface area contributed by atoms with Crippen LogP contribution in [0.1, 0.15) is 35.8 Å². The number of carbonyl (C=O) groups is 1. The summed E-state index contributed by atoms with van der Waals surface area (Å²) in [5.41, 5.74) is 1.18. The predicted octanol–water partition coefficient (Wildman–Crippen LogP) is 2.90. The van der Waals surface area contributed by atoms with E-state index in [2.05, 4.69) is 5.10 Å². The predicted molar refractivity (Wildman–Crippen MR) is 92.9 cm³/mol. The van der Waals surface area contributed by atoms with Crippen molar-refractivity contribution in [2.45, 2.75) is 44.9 Å². The highest BCUT2D eigenvalue weighted by Crippen LogP contribution is 2.26. The molecule has 134 valence electrons. The Labute approximate surface area is 147 Å². The largest absolute Gasteiger partial charge is 0.379 e. The second-order valence-corrected chi connectivity index (χ2v) is 6.31. The summed E-state index contributed by atoms with van der Waals surface area (Å²) in [5.74, 6) is -0.309. The number of likely N-dealkylation sites (tertiary alicyclic amines) is 1. The molecule has 1 aliphatic heterocycles. The topological polar surface area (TPSA) is 47.4 Å². The second kappa shape index (κ2) is 7.78. The molecule has 2 heterocycles. The third kappa shape index (κ3) is 3.58. The summed E-state index contributed by atoms with van der Waals surface area (Å²) in [7, 11) is 1.66. The van der Waals surface area contributed by atoms with Gasteiger partial charge in [-0.3, -0.25) is 9.48 Å². The van der Waals surface area contributed by atoms with Gasteiger partial charge in [-0.25, -0.2) is 4.39 Å². The number of piperidine rings is 1. The van der Waals surface area contributed by atoms with Crippen molar-refractivity contribution in [2.24, 2.45) is 0 Å². The number of amides is 1. The van der Waals surface area contributed by atoms with Crippen molar-refractivity contribution in [3.05, 3.63) is 53.6 Å². The molecule has 2 atom stereocenters. The minimum Gasteiger partial charge on any atom is -0.379 e. The van der Waals surface area contributed by atoms with Gasteiger partial charge in [0, 0.05) is 26.4 Å². The van der Waals surface area contributed by atoms with Crippen LogP contribution in [0.2, 0.25) is 0 Å². The van der Waals surface area contributed by atoms with E-state index in [1.807, 2.05) is 17.9 Å². The van der Waals surface area contributed by atoms with E-state index in [-0.39, 0.29) is 23.9 Å². The van der Waals surface area contributed by atoms with E-state index in [1.165, 1.54) is 6.07 Å². The Hall–Kier alpha value is -2.21. The lowest BCUT2D eigenvalue weighted by atomic mass is 9.92. The maximum Gasteiger partial charge on any atom is 0.272 e. The highest BCUT2D eigenvalue weighted by Gasteiger charge is 2.36. The van der Waals surface area contributed by atoms with Crippen LogP contribution in [0, 0.1) is 5.82 Å². The summed E-state index contributed by atoms with van der Waals surface area (Å²) < 4.78 is 21.5. The minimum absolute atomic E-state index is 0.0672. The molecule has 0 saturated carbocycles. The SMILES string of the molecule is CCn1nccc1C(=O)N1CCC[C@H](OC)[C@@H]1Cc1ccccc1F. The fraction of sp³-hybridized carbons (Fsp3) is 0.474. The number of aryl methyl sites for hydroxylation is 1. The first-order valence-electron chi connectivity index (χ1n) is 8.74. The fourth-order valence-electron chi connectivity index (χ4n) is 3.59. The van der Waals surface area contributed by atoms with Gasteiger partial charge in [-0.2, -0.15) is 5.10 Å². The Morgan fingerprint density at radius 1 is 1.36 bits per heavy atom. The van der Waals surface area contributed by atoms with Crippen LogP contribution in [0.4, 0.5) is 4.39 Å². The number of benzene rings is 1. The van der Waals surface area contributed by atoms with Gasteiger partial charge in [0.15, 0.2) is 0 Å². The van der Waals surface area contributed by atoms with E-state index in [0.717, 1.165) is 12.8 Å². The Balaban J connectivity index is 1.89. The summed E-state index contributed by atoms with van der Waals surface area (Å²) in [6, 6.07) is 8.27. The van der Waals surface area contributed by atoms with Crippen molar-refractivity contribution in [3.8, 4) is 0 Å². The molecule has 3 rings (SSSR count). The zero-order valence-electron chi connectivity index (χ0n) is 14.7. The molecule has 1 aromatic heterocycles. The maximum atomic E-state index is 14.1. The number of halogens is 1. The number of aromatic nitrogens is 2. The molecule has 0 aliphatic carbocycles. The summed E-state index contributed by atoms with van der Waals surface area (Å²) in [5, 5.41) is 4.19. The molecule has 2 aromatic rings. The average molecular weight is 345 g/mol. The maximum absolute atomic E-state index is 14.1. The third-order valence-electron chi connectivity index (χ3n) is 4.90. The first-order chi connectivity index (χ1) is 12.2. The van der Waals surface area contributed by atoms with E-state index in [0.29, 0.717) is 30.8 Å². The molecule has 6 heteroatoms. The molecule has 5 nitrogen and oxygen atoms in total. The highest BCUT2D eigenvalue weighted by molar-refractivity contribution is 5.92. The first kappa shape index (κ1) is 17.6. The van der Waals surface area contributed by atoms with Crippen LogP contribution < -0.4 is 0 Å². The molecular formula is C19H24FN3O2. The van der Waals surface area contributed by atoms with Crippen molar-refractivity contribution in [3.63, 3.8) is 0 Å². The number of hydrogen-bond donors (Lipinski definition) is 0. The monoisotopic (exact) mass is 345 g/mol. The molecular weight excluding hydrogens is 321 g/mol. The van der Waals surface area contributed by atoms with Crippen molar-refractivity contribution < 1.29 is 13.9 Å². The lowest BCUT2D eigenvalue weighted by Crippen LogP contribution is -2.53. The first-order valence-corrected chi connectivity index (χ1v) is 8.74. The van der Waals surface area contributed by atoms with E-state index in [1.54, 1.807) is 36.2 Å². The molecule has 0 spiro atoms. The van der Waals surface area contributed by atoms with Gasteiger partial charge in [-0.15, -0.1) is 0 Å². The fourth-order valence-corrected chi connectivity index (χ4v) is 3.59. The van der Waals surface area contributed by atoms with Crippen LogP contribution >= 0.6 is 0 Å². The van der Waals surface area contributed by atoms with Crippen LogP contribution in [0.5, 0.6) is 0 Å². The summed E-state index contributed by atoms with van der Waals surface area (Å²) in [6.07, 6.45) is 3.72. The quantitative estimate of drug-likeness (QED) is 0.837. The van der Waals surface area contributed by atoms with Crippen LogP contribution in [0.15, 0.2) is 36.5 Å². The number of carbonyl (C=O) groups excluding carboxylic acids is 1. The Kier molecular flexibility index (Phi) is 5.48. The molecule has 1 aromatic carbocycles. The molecule has 0 radical (unpaired) electrons. The second-order valence-electron chi connectivity index (χ2n) is 6.31. The van der Waals surface area contributed by atoms with Crippen LogP contribution in [-0.4, -0.2) is 46.4 Å². The third-order valence-corrected chi connectivity index (χ3v) is 4.90. The normalized spacial score (nSPS) is 20.7. The minimum atomic E-state index is -0.242. The van der Waals surface area contributed by atoms with Crippen molar-refractivity contribution in [1.29, 1.82) is 0 Å². The van der Waals surface area contributed by atoms with E-state index in [4.69, 9.17) is 4.74 Å². The van der Waals surface area contributed by atoms with Gasteiger partial charge in [-0.1, -0.05) is 18.2 Å². The molecule has 0 bridgehead atoms. The molecule has 0 unspecified atom stereocenters. The molecule has 1 saturated heterocycles. The van der Waals surface area contributed by atoms with Gasteiger partial charge in [0.25, 0.3) is 5.91 Å². The van der Waals surface area contributed by atoms with Crippen LogP contribution in [-0.2, 0) is 17.7 Å². The van der Waals surface area contributed by atoms with Gasteiger partial charge in [0.1, 0.15) is 11.5 Å². The Morgan fingerprint density at radius 3 is 2.88 bits per heavy atom. The number of methoxy groups -OCH3 is 1. The number of rotatable bonds is 5. The lowest BCUT2D eigenvalue weighted by Gasteiger charge is -2.40. The molecule has 0 N–H and O–H groups in total. The van der Waals surface area contributed by atoms with Gasteiger partial charge < -0.3 is 9.64 Å². The van der Waals surface area contributed by atoms with Crippen LogP contribution in [0.3, 0.4) is 0 Å². The molecule has 25 heavy (non-hydrogen) atoms. The van der Waals surface area contributed by atoms with Gasteiger partial charge >= 0.3 is 0 Å². The summed E-state index contributed by atoms with van der Waals surface area (Å²) in [4.78, 5) is 14.9. The highest BCUT2D eigenvalue weighted by atomic mass is 19.1. The Bertz CT molecular complexity index is 731. The van der Waals surface area contributed by atoms with Gasteiger partial charge in [-0.05, 0) is 43.9 Å². The zero-order chi connectivity index (χ0) is 17.8. The van der Waals surface area contributed by atoms with E-state index >= 15 is 0 Å². The molecule has 1 fully saturated rings. The van der Waals surface area contributed by atoms with Crippen molar-refractivity contribution >= 4 is 5.91 Å². The number of hydrogen-bond acceptors (Lipinski definition) is 3. The number of nitrogens with zero attached hydrogens (tertiary/aromatic N) is 3. The van der Waals surface area contributed by atoms with Gasteiger partial charge in [0.2, 0.25) is 0 Å². The number of ether oxygens (including phenoxy) is 1. The smallest absolute Gasteiger partial charge is 0.272 e. The van der Waals surface area contributed by atoms with Gasteiger partial charge in [0.05, 0.1) is 12.1 Å². The molecule has 1 amide bonds. The Morgan fingerprint density at radius 2 is 2.16 bits per heavy atom. The average Bonchev–Trinajstić information content (AvgIpc) is 3.12. The molecule has 1 aliphatic rings. The van der Waals surface area contributed by atoms with E-state index < -0.39 is 0 Å². The zero-order valence-corrected chi connectivity index (χ0v) is 14.7. The summed E-state index contributed by atoms with van der Waals surface area (Å²) in [6.45, 7) is 3.23.